The molecule has 0 atom stereocenters. The number of aromatic nitrogens is 2. The molecule has 0 saturated heterocycles. The number of carbonyl (C=O) groups is 1. The third kappa shape index (κ3) is 2.86. The second kappa shape index (κ2) is 5.43. The molecule has 0 spiro atoms. The van der Waals surface area contributed by atoms with Gasteiger partial charge >= 0.3 is 5.69 Å². The Morgan fingerprint density at radius 2 is 2.05 bits per heavy atom. The summed E-state index contributed by atoms with van der Waals surface area (Å²) in [6.07, 6.45) is 0. The highest BCUT2D eigenvalue weighted by Crippen LogP contribution is 2.26. The van der Waals surface area contributed by atoms with Crippen molar-refractivity contribution in [3.05, 3.63) is 43.4 Å². The number of benzene rings is 1. The van der Waals surface area contributed by atoms with Gasteiger partial charge in [0.2, 0.25) is 15.3 Å². The molecule has 0 unspecified atom stereocenters. The van der Waals surface area contributed by atoms with E-state index in [4.69, 9.17) is 11.6 Å². The molecule has 0 radical (unpaired) electrons. The van der Waals surface area contributed by atoms with Crippen LogP contribution in [0.15, 0.2) is 12.1 Å². The molecule has 1 aromatic carbocycles. The summed E-state index contributed by atoms with van der Waals surface area (Å²) in [7, 11) is 0. The van der Waals surface area contributed by atoms with Crippen molar-refractivity contribution >= 4 is 40.2 Å². The van der Waals surface area contributed by atoms with E-state index in [1.54, 1.807) is 0 Å². The molecule has 1 aromatic heterocycles. The molecule has 0 aliphatic heterocycles. The Morgan fingerprint density at radius 3 is 2.60 bits per heavy atom. The van der Waals surface area contributed by atoms with E-state index >= 15 is 0 Å². The number of nitro benzene ring substituents is 1. The molecule has 0 aliphatic rings. The summed E-state index contributed by atoms with van der Waals surface area (Å²) in [6, 6.07) is 0.881. The highest BCUT2D eigenvalue weighted by molar-refractivity contribution is 7.17. The summed E-state index contributed by atoms with van der Waals surface area (Å²) < 4.78 is 26.6. The zero-order valence-corrected chi connectivity index (χ0v) is 10.8. The van der Waals surface area contributed by atoms with Gasteiger partial charge in [-0.2, -0.15) is 4.39 Å². The van der Waals surface area contributed by atoms with Gasteiger partial charge in [-0.3, -0.25) is 14.9 Å². The molecule has 0 saturated carbocycles. The molecule has 1 heterocycles. The average molecular weight is 321 g/mol. The number of amides is 1. The number of rotatable bonds is 3. The van der Waals surface area contributed by atoms with E-state index in [1.165, 1.54) is 0 Å². The van der Waals surface area contributed by atoms with Crippen LogP contribution in [-0.4, -0.2) is 21.0 Å². The van der Waals surface area contributed by atoms with E-state index in [9.17, 15) is 23.7 Å². The van der Waals surface area contributed by atoms with Crippen LogP contribution in [0.2, 0.25) is 4.47 Å². The highest BCUT2D eigenvalue weighted by atomic mass is 35.5. The van der Waals surface area contributed by atoms with E-state index in [0.29, 0.717) is 12.1 Å². The van der Waals surface area contributed by atoms with E-state index < -0.39 is 33.8 Å². The Hall–Kier alpha value is -2.20. The normalized spacial score (nSPS) is 10.3. The van der Waals surface area contributed by atoms with Crippen LogP contribution in [0, 0.1) is 21.7 Å². The van der Waals surface area contributed by atoms with Crippen molar-refractivity contribution in [2.75, 3.05) is 5.32 Å². The van der Waals surface area contributed by atoms with Crippen molar-refractivity contribution < 1.29 is 18.5 Å². The first-order valence-electron chi connectivity index (χ1n) is 4.82. The van der Waals surface area contributed by atoms with Crippen LogP contribution in [0.5, 0.6) is 0 Å². The summed E-state index contributed by atoms with van der Waals surface area (Å²) in [6.45, 7) is 0. The number of hydrogen-bond donors (Lipinski definition) is 1. The number of halogens is 3. The van der Waals surface area contributed by atoms with E-state index in [0.717, 1.165) is 11.3 Å². The number of hydrogen-bond acceptors (Lipinski definition) is 6. The Kier molecular flexibility index (Phi) is 3.86. The van der Waals surface area contributed by atoms with Crippen molar-refractivity contribution in [2.24, 2.45) is 0 Å². The third-order valence-electron chi connectivity index (χ3n) is 2.08. The minimum absolute atomic E-state index is 0.000656. The lowest BCUT2D eigenvalue weighted by atomic mass is 10.2. The second-order valence-electron chi connectivity index (χ2n) is 3.35. The summed E-state index contributed by atoms with van der Waals surface area (Å²) in [4.78, 5) is 21.2. The van der Waals surface area contributed by atoms with Gasteiger partial charge in [0.25, 0.3) is 5.91 Å². The fourth-order valence-corrected chi connectivity index (χ4v) is 1.97. The van der Waals surface area contributed by atoms with Gasteiger partial charge in [-0.25, -0.2) is 4.39 Å². The quantitative estimate of drug-likeness (QED) is 0.692. The summed E-state index contributed by atoms with van der Waals surface area (Å²) in [5.41, 5.74) is -1.51. The maximum atomic E-state index is 13.4. The van der Waals surface area contributed by atoms with E-state index in [1.807, 2.05) is 5.32 Å². The zero-order valence-electron chi connectivity index (χ0n) is 9.26. The largest absolute Gasteiger partial charge is 0.317 e. The van der Waals surface area contributed by atoms with Crippen LogP contribution in [0.1, 0.15) is 9.80 Å². The predicted octanol–water partition coefficient (Wildman–Crippen LogP) is 2.63. The SMILES string of the molecule is O=C(Nc1cc([N+](=O)[O-])c(F)cc1F)c1nnc(Cl)s1. The monoisotopic (exact) mass is 320 g/mol. The number of anilines is 1. The summed E-state index contributed by atoms with van der Waals surface area (Å²) >= 11 is 6.21. The second-order valence-corrected chi connectivity index (χ2v) is 4.91. The lowest BCUT2D eigenvalue weighted by Gasteiger charge is -2.04. The van der Waals surface area contributed by atoms with Crippen molar-refractivity contribution in [1.82, 2.24) is 10.2 Å². The number of nitrogens with zero attached hydrogens (tertiary/aromatic N) is 3. The average Bonchev–Trinajstić information content (AvgIpc) is 2.79. The van der Waals surface area contributed by atoms with Crippen LogP contribution >= 0.6 is 22.9 Å². The minimum atomic E-state index is -1.34. The van der Waals surface area contributed by atoms with Crippen molar-refractivity contribution in [1.29, 1.82) is 0 Å². The molecule has 0 aliphatic carbocycles. The van der Waals surface area contributed by atoms with Gasteiger partial charge in [-0.15, -0.1) is 10.2 Å². The topological polar surface area (TPSA) is 98.0 Å². The Morgan fingerprint density at radius 1 is 1.35 bits per heavy atom. The molecule has 0 bridgehead atoms. The predicted molar refractivity (Wildman–Crippen MR) is 65.9 cm³/mol. The smallest absolute Gasteiger partial charge is 0.307 e. The van der Waals surface area contributed by atoms with Crippen LogP contribution in [0.25, 0.3) is 0 Å². The van der Waals surface area contributed by atoms with Crippen molar-refractivity contribution in [3.63, 3.8) is 0 Å². The first-order valence-corrected chi connectivity index (χ1v) is 6.01. The Balaban J connectivity index is 2.31. The van der Waals surface area contributed by atoms with E-state index in [2.05, 4.69) is 10.2 Å². The molecule has 2 rings (SSSR count). The van der Waals surface area contributed by atoms with Crippen molar-refractivity contribution in [3.8, 4) is 0 Å². The number of carbonyl (C=O) groups excluding carboxylic acids is 1. The molecule has 0 fully saturated rings. The molecule has 7 nitrogen and oxygen atoms in total. The zero-order chi connectivity index (χ0) is 14.9. The van der Waals surface area contributed by atoms with Crippen molar-refractivity contribution in [2.45, 2.75) is 0 Å². The lowest BCUT2D eigenvalue weighted by Crippen LogP contribution is -2.13. The first kappa shape index (κ1) is 14.2. The molecule has 20 heavy (non-hydrogen) atoms. The van der Waals surface area contributed by atoms with Gasteiger partial charge in [-0.1, -0.05) is 11.3 Å². The molecule has 1 N–H and O–H groups in total. The van der Waals surface area contributed by atoms with Gasteiger partial charge < -0.3 is 5.32 Å². The minimum Gasteiger partial charge on any atom is -0.317 e. The van der Waals surface area contributed by atoms with Crippen LogP contribution < -0.4 is 5.32 Å². The number of nitro groups is 1. The maximum absolute atomic E-state index is 13.4. The van der Waals surface area contributed by atoms with Gasteiger partial charge in [-0.05, 0) is 11.6 Å². The third-order valence-corrected chi connectivity index (χ3v) is 3.09. The van der Waals surface area contributed by atoms with Gasteiger partial charge in [0.15, 0.2) is 0 Å². The van der Waals surface area contributed by atoms with Crippen LogP contribution in [0.4, 0.5) is 20.2 Å². The molecule has 1 amide bonds. The van der Waals surface area contributed by atoms with Gasteiger partial charge in [0.1, 0.15) is 5.82 Å². The summed E-state index contributed by atoms with van der Waals surface area (Å²) in [5.74, 6) is -3.37. The molecule has 2 aromatic rings. The maximum Gasteiger partial charge on any atom is 0.307 e. The first-order chi connectivity index (χ1) is 9.38. The molecule has 104 valence electrons. The molecular weight excluding hydrogens is 318 g/mol. The fraction of sp³-hybridized carbons (Fsp3) is 0. The summed E-state index contributed by atoms with van der Waals surface area (Å²) in [5, 5.41) is 19.2. The van der Waals surface area contributed by atoms with Gasteiger partial charge in [0.05, 0.1) is 10.6 Å². The molecular formula is C9H3ClF2N4O3S. The fourth-order valence-electron chi connectivity index (χ4n) is 1.25. The number of nitrogens with one attached hydrogen (secondary N) is 1. The Bertz CT molecular complexity index is 708. The van der Waals surface area contributed by atoms with Crippen LogP contribution in [0.3, 0.4) is 0 Å². The van der Waals surface area contributed by atoms with Crippen LogP contribution in [-0.2, 0) is 0 Å². The molecule has 11 heteroatoms. The standard InChI is InChI=1S/C9H3ClF2N4O3S/c10-9-15-14-8(20-9)7(17)13-5-2-6(16(18)19)4(12)1-3(5)11/h1-2H,(H,13,17). The highest BCUT2D eigenvalue weighted by Gasteiger charge is 2.21. The lowest BCUT2D eigenvalue weighted by molar-refractivity contribution is -0.387. The van der Waals surface area contributed by atoms with Gasteiger partial charge in [0, 0.05) is 12.1 Å². The van der Waals surface area contributed by atoms with E-state index in [-0.39, 0.29) is 9.47 Å². The Labute approximate surface area is 118 Å².